The van der Waals surface area contributed by atoms with Gasteiger partial charge in [-0.1, -0.05) is 19.9 Å². The van der Waals surface area contributed by atoms with Gasteiger partial charge < -0.3 is 4.74 Å². The lowest BCUT2D eigenvalue weighted by Gasteiger charge is -2.33. The molecule has 1 aliphatic rings. The van der Waals surface area contributed by atoms with Crippen molar-refractivity contribution in [3.63, 3.8) is 0 Å². The topological polar surface area (TPSA) is 42.4 Å². The zero-order valence-electron chi connectivity index (χ0n) is 13.9. The molecule has 0 bridgehead atoms. The number of carbonyl (C=O) groups excluding carboxylic acids is 1. The van der Waals surface area contributed by atoms with Crippen LogP contribution in [0.15, 0.2) is 24.4 Å². The number of hydrogen-bond acceptors (Lipinski definition) is 3. The number of nitrogens with zero attached hydrogens (tertiary/aromatic N) is 2. The van der Waals surface area contributed by atoms with Crippen molar-refractivity contribution in [2.24, 2.45) is 11.8 Å². The summed E-state index contributed by atoms with van der Waals surface area (Å²) in [4.78, 5) is 17.1. The van der Waals surface area contributed by atoms with Crippen LogP contribution in [0.4, 0.5) is 19.0 Å². The molecule has 0 unspecified atom stereocenters. The van der Waals surface area contributed by atoms with E-state index in [1.807, 2.05) is 13.8 Å². The molecule has 1 fully saturated rings. The summed E-state index contributed by atoms with van der Waals surface area (Å²) in [6.45, 7) is 3.31. The van der Waals surface area contributed by atoms with Crippen molar-refractivity contribution in [1.82, 2.24) is 4.98 Å². The number of alkyl halides is 3. The highest BCUT2D eigenvalue weighted by Crippen LogP contribution is 2.29. The fourth-order valence-corrected chi connectivity index (χ4v) is 2.90. The van der Waals surface area contributed by atoms with Gasteiger partial charge in [-0.15, -0.1) is 0 Å². The highest BCUT2D eigenvalue weighted by Gasteiger charge is 2.35. The third-order valence-corrected chi connectivity index (χ3v) is 4.19. The summed E-state index contributed by atoms with van der Waals surface area (Å²) >= 11 is 0. The van der Waals surface area contributed by atoms with Crippen LogP contribution >= 0.6 is 0 Å². The third-order valence-electron chi connectivity index (χ3n) is 4.19. The molecule has 2 atom stereocenters. The second-order valence-corrected chi connectivity index (χ2v) is 6.53. The van der Waals surface area contributed by atoms with E-state index >= 15 is 0 Å². The van der Waals surface area contributed by atoms with Crippen LogP contribution in [0.5, 0.6) is 0 Å². The van der Waals surface area contributed by atoms with Crippen LogP contribution in [0.3, 0.4) is 0 Å². The number of aromatic nitrogens is 1. The first-order valence-corrected chi connectivity index (χ1v) is 8.16. The van der Waals surface area contributed by atoms with E-state index in [-0.39, 0.29) is 24.3 Å². The van der Waals surface area contributed by atoms with E-state index < -0.39 is 18.6 Å². The van der Waals surface area contributed by atoms with Gasteiger partial charge in [0.2, 0.25) is 5.91 Å². The SMILES string of the molecule is CC(C)[C@@H]1C[C@H](CC(=O)N(CC(F)(F)F)c2ccccn2)CCO1. The van der Waals surface area contributed by atoms with Crippen molar-refractivity contribution < 1.29 is 22.7 Å². The normalized spacial score (nSPS) is 21.8. The van der Waals surface area contributed by atoms with Crippen molar-refractivity contribution in [2.75, 3.05) is 18.1 Å². The Morgan fingerprint density at radius 3 is 2.75 bits per heavy atom. The molecule has 0 aliphatic carbocycles. The van der Waals surface area contributed by atoms with Crippen molar-refractivity contribution in [3.05, 3.63) is 24.4 Å². The molecule has 1 saturated heterocycles. The molecule has 0 radical (unpaired) electrons. The van der Waals surface area contributed by atoms with Crippen LogP contribution in [0.1, 0.15) is 33.1 Å². The molecule has 1 aromatic rings. The van der Waals surface area contributed by atoms with Crippen molar-refractivity contribution in [2.45, 2.75) is 45.4 Å². The molecule has 2 rings (SSSR count). The van der Waals surface area contributed by atoms with E-state index in [0.29, 0.717) is 25.4 Å². The first-order chi connectivity index (χ1) is 11.3. The summed E-state index contributed by atoms with van der Waals surface area (Å²) < 4.78 is 44.2. The Hall–Kier alpha value is -1.63. The molecule has 7 heteroatoms. The lowest BCUT2D eigenvalue weighted by Crippen LogP contribution is -2.41. The zero-order chi connectivity index (χ0) is 17.7. The van der Waals surface area contributed by atoms with E-state index in [4.69, 9.17) is 4.74 Å². The number of anilines is 1. The minimum absolute atomic E-state index is 0.0345. The number of halogens is 3. The monoisotopic (exact) mass is 344 g/mol. The molecule has 0 N–H and O–H groups in total. The van der Waals surface area contributed by atoms with Crippen molar-refractivity contribution in [1.29, 1.82) is 0 Å². The average Bonchev–Trinajstić information content (AvgIpc) is 2.53. The molecule has 134 valence electrons. The van der Waals surface area contributed by atoms with Crippen molar-refractivity contribution in [3.8, 4) is 0 Å². The summed E-state index contributed by atoms with van der Waals surface area (Å²) in [5.41, 5.74) is 0. The number of hydrogen-bond donors (Lipinski definition) is 0. The van der Waals surface area contributed by atoms with Crippen LogP contribution in [0.25, 0.3) is 0 Å². The Morgan fingerprint density at radius 2 is 2.17 bits per heavy atom. The van der Waals surface area contributed by atoms with E-state index in [1.54, 1.807) is 12.1 Å². The summed E-state index contributed by atoms with van der Waals surface area (Å²) in [6.07, 6.45) is -1.55. The maximum atomic E-state index is 12.9. The second-order valence-electron chi connectivity index (χ2n) is 6.53. The highest BCUT2D eigenvalue weighted by molar-refractivity contribution is 5.92. The quantitative estimate of drug-likeness (QED) is 0.815. The van der Waals surface area contributed by atoms with Crippen LogP contribution in [-0.4, -0.2) is 36.3 Å². The van der Waals surface area contributed by atoms with Crippen LogP contribution in [0, 0.1) is 11.8 Å². The Morgan fingerprint density at radius 1 is 1.42 bits per heavy atom. The Balaban J connectivity index is 2.07. The largest absolute Gasteiger partial charge is 0.406 e. The van der Waals surface area contributed by atoms with Crippen molar-refractivity contribution >= 4 is 11.7 Å². The van der Waals surface area contributed by atoms with Gasteiger partial charge in [0.1, 0.15) is 12.4 Å². The van der Waals surface area contributed by atoms with Crippen LogP contribution in [0.2, 0.25) is 0 Å². The van der Waals surface area contributed by atoms with E-state index in [9.17, 15) is 18.0 Å². The Bertz CT molecular complexity index is 534. The smallest absolute Gasteiger partial charge is 0.378 e. The number of pyridine rings is 1. The first kappa shape index (κ1) is 18.7. The number of ether oxygens (including phenoxy) is 1. The number of rotatable bonds is 5. The van der Waals surface area contributed by atoms with Gasteiger partial charge in [0.15, 0.2) is 0 Å². The molecule has 4 nitrogen and oxygen atoms in total. The summed E-state index contributed by atoms with van der Waals surface area (Å²) in [5, 5.41) is 0. The average molecular weight is 344 g/mol. The minimum atomic E-state index is -4.47. The Kier molecular flexibility index (Phi) is 6.21. The molecule has 0 aromatic carbocycles. The van der Waals surface area contributed by atoms with Crippen LogP contribution in [-0.2, 0) is 9.53 Å². The zero-order valence-corrected chi connectivity index (χ0v) is 13.9. The van der Waals surface area contributed by atoms with Gasteiger partial charge in [0, 0.05) is 19.2 Å². The lowest BCUT2D eigenvalue weighted by molar-refractivity contribution is -0.134. The maximum absolute atomic E-state index is 12.9. The molecule has 0 spiro atoms. The fourth-order valence-electron chi connectivity index (χ4n) is 2.90. The van der Waals surface area contributed by atoms with Gasteiger partial charge in [-0.25, -0.2) is 4.98 Å². The molecular weight excluding hydrogens is 321 g/mol. The minimum Gasteiger partial charge on any atom is -0.378 e. The molecule has 1 aromatic heterocycles. The predicted molar refractivity (Wildman–Crippen MR) is 84.6 cm³/mol. The van der Waals surface area contributed by atoms with E-state index in [0.717, 1.165) is 4.90 Å². The molecule has 24 heavy (non-hydrogen) atoms. The lowest BCUT2D eigenvalue weighted by atomic mass is 9.88. The Labute approximate surface area is 140 Å². The summed E-state index contributed by atoms with van der Waals surface area (Å²) in [7, 11) is 0. The first-order valence-electron chi connectivity index (χ1n) is 8.16. The number of carbonyl (C=O) groups is 1. The van der Waals surface area contributed by atoms with Gasteiger partial charge >= 0.3 is 6.18 Å². The predicted octanol–water partition coefficient (Wildman–Crippen LogP) is 3.82. The molecule has 1 aliphatic heterocycles. The molecule has 2 heterocycles. The van der Waals surface area contributed by atoms with Gasteiger partial charge in [-0.05, 0) is 36.8 Å². The van der Waals surface area contributed by atoms with E-state index in [1.165, 1.54) is 12.3 Å². The molecule has 1 amide bonds. The van der Waals surface area contributed by atoms with Gasteiger partial charge in [0.25, 0.3) is 0 Å². The maximum Gasteiger partial charge on any atom is 0.406 e. The van der Waals surface area contributed by atoms with Gasteiger partial charge in [-0.2, -0.15) is 13.2 Å². The second kappa shape index (κ2) is 7.96. The standard InChI is InChI=1S/C17H23F3N2O2/c1-12(2)14-9-13(6-8-24-14)10-16(23)22(11-17(18,19)20)15-5-3-4-7-21-15/h3-5,7,12-14H,6,8-11H2,1-2H3/t13-,14+/m1/s1. The van der Waals surface area contributed by atoms with Gasteiger partial charge in [0.05, 0.1) is 6.10 Å². The highest BCUT2D eigenvalue weighted by atomic mass is 19.4. The number of amides is 1. The third kappa shape index (κ3) is 5.47. The van der Waals surface area contributed by atoms with E-state index in [2.05, 4.69) is 4.98 Å². The summed E-state index contributed by atoms with van der Waals surface area (Å²) in [5.74, 6) is -0.143. The molecular formula is C17H23F3N2O2. The fraction of sp³-hybridized carbons (Fsp3) is 0.647. The van der Waals surface area contributed by atoms with Gasteiger partial charge in [-0.3, -0.25) is 9.69 Å². The summed E-state index contributed by atoms with van der Waals surface area (Å²) in [6, 6.07) is 4.60. The van der Waals surface area contributed by atoms with Crippen LogP contribution < -0.4 is 4.90 Å². The molecule has 0 saturated carbocycles.